The molecule has 0 aliphatic carbocycles. The summed E-state index contributed by atoms with van der Waals surface area (Å²) in [7, 11) is -3.55. The molecule has 1 aromatic rings. The van der Waals surface area contributed by atoms with Gasteiger partial charge in [-0.1, -0.05) is 31.4 Å². The standard InChI is InChI=1S/C14H19NO2S/c1-5-7-12-8-10-13(11-9-12)18(16,17)15-14(3,4)6-2/h2,8-11,15H,5,7H2,1,3-4H3. The van der Waals surface area contributed by atoms with Crippen LogP contribution in [0.2, 0.25) is 0 Å². The third-order valence-corrected chi connectivity index (χ3v) is 4.19. The van der Waals surface area contributed by atoms with E-state index in [1.165, 1.54) is 0 Å². The lowest BCUT2D eigenvalue weighted by Crippen LogP contribution is -2.41. The van der Waals surface area contributed by atoms with Crippen LogP contribution in [0.25, 0.3) is 0 Å². The Hall–Kier alpha value is -1.31. The molecule has 0 saturated carbocycles. The molecule has 0 radical (unpaired) electrons. The SMILES string of the molecule is C#CC(C)(C)NS(=O)(=O)c1ccc(CCC)cc1. The molecular weight excluding hydrogens is 246 g/mol. The van der Waals surface area contributed by atoms with Crippen molar-refractivity contribution in [2.45, 2.75) is 44.0 Å². The van der Waals surface area contributed by atoms with Gasteiger partial charge in [-0.25, -0.2) is 8.42 Å². The minimum atomic E-state index is -3.55. The van der Waals surface area contributed by atoms with Crippen molar-refractivity contribution in [2.24, 2.45) is 0 Å². The van der Waals surface area contributed by atoms with E-state index in [1.807, 2.05) is 12.1 Å². The van der Waals surface area contributed by atoms with Gasteiger partial charge in [0.05, 0.1) is 10.4 Å². The number of benzene rings is 1. The first-order valence-electron chi connectivity index (χ1n) is 5.91. The zero-order valence-electron chi connectivity index (χ0n) is 11.0. The predicted octanol–water partition coefficient (Wildman–Crippen LogP) is 2.33. The van der Waals surface area contributed by atoms with Gasteiger partial charge in [0.1, 0.15) is 0 Å². The Morgan fingerprint density at radius 1 is 1.28 bits per heavy atom. The average molecular weight is 265 g/mol. The molecule has 0 unspecified atom stereocenters. The van der Waals surface area contributed by atoms with Crippen molar-refractivity contribution < 1.29 is 8.42 Å². The molecule has 0 heterocycles. The molecule has 0 aliphatic heterocycles. The highest BCUT2D eigenvalue weighted by Crippen LogP contribution is 2.14. The molecule has 0 aromatic heterocycles. The lowest BCUT2D eigenvalue weighted by atomic mass is 10.1. The third kappa shape index (κ3) is 3.86. The number of aryl methyl sites for hydroxylation is 1. The molecule has 0 fully saturated rings. The molecule has 0 aliphatic rings. The topological polar surface area (TPSA) is 46.2 Å². The van der Waals surface area contributed by atoms with E-state index in [9.17, 15) is 8.42 Å². The zero-order chi connectivity index (χ0) is 13.8. The Labute approximate surface area is 110 Å². The molecule has 0 spiro atoms. The number of terminal acetylenes is 1. The maximum atomic E-state index is 12.1. The molecule has 4 heteroatoms. The Morgan fingerprint density at radius 2 is 1.83 bits per heavy atom. The second-order valence-electron chi connectivity index (χ2n) is 4.77. The Kier molecular flexibility index (Phi) is 4.55. The van der Waals surface area contributed by atoms with Crippen molar-refractivity contribution in [3.63, 3.8) is 0 Å². The molecule has 1 rings (SSSR count). The fourth-order valence-corrected chi connectivity index (χ4v) is 2.89. The Bertz CT molecular complexity index is 536. The second kappa shape index (κ2) is 5.55. The van der Waals surface area contributed by atoms with Crippen LogP contribution in [0, 0.1) is 12.3 Å². The van der Waals surface area contributed by atoms with Crippen molar-refractivity contribution >= 4 is 10.0 Å². The molecule has 0 bridgehead atoms. The van der Waals surface area contributed by atoms with E-state index in [-0.39, 0.29) is 4.90 Å². The molecule has 1 aromatic carbocycles. The van der Waals surface area contributed by atoms with Gasteiger partial charge in [0.25, 0.3) is 0 Å². The number of hydrogen-bond acceptors (Lipinski definition) is 2. The van der Waals surface area contributed by atoms with E-state index >= 15 is 0 Å². The Morgan fingerprint density at radius 3 is 2.28 bits per heavy atom. The van der Waals surface area contributed by atoms with Gasteiger partial charge in [0.2, 0.25) is 10.0 Å². The van der Waals surface area contributed by atoms with Crippen LogP contribution < -0.4 is 4.72 Å². The molecule has 1 N–H and O–H groups in total. The van der Waals surface area contributed by atoms with Gasteiger partial charge in [0.15, 0.2) is 0 Å². The average Bonchev–Trinajstić information content (AvgIpc) is 2.29. The maximum absolute atomic E-state index is 12.1. The quantitative estimate of drug-likeness (QED) is 0.831. The van der Waals surface area contributed by atoms with Crippen LogP contribution in [0.15, 0.2) is 29.2 Å². The van der Waals surface area contributed by atoms with Gasteiger partial charge in [-0.2, -0.15) is 4.72 Å². The van der Waals surface area contributed by atoms with Crippen molar-refractivity contribution in [1.29, 1.82) is 0 Å². The summed E-state index contributed by atoms with van der Waals surface area (Å²) in [6.45, 7) is 5.38. The minimum absolute atomic E-state index is 0.241. The van der Waals surface area contributed by atoms with Crippen LogP contribution in [0.4, 0.5) is 0 Å². The molecule has 3 nitrogen and oxygen atoms in total. The summed E-state index contributed by atoms with van der Waals surface area (Å²) in [4.78, 5) is 0.241. The van der Waals surface area contributed by atoms with Gasteiger partial charge in [-0.3, -0.25) is 0 Å². The van der Waals surface area contributed by atoms with Gasteiger partial charge < -0.3 is 0 Å². The van der Waals surface area contributed by atoms with E-state index in [4.69, 9.17) is 6.42 Å². The summed E-state index contributed by atoms with van der Waals surface area (Å²) in [5.74, 6) is 2.41. The highest BCUT2D eigenvalue weighted by Gasteiger charge is 2.23. The summed E-state index contributed by atoms with van der Waals surface area (Å²) in [5, 5.41) is 0. The molecule has 0 atom stereocenters. The van der Waals surface area contributed by atoms with Gasteiger partial charge in [-0.15, -0.1) is 6.42 Å². The van der Waals surface area contributed by atoms with Gasteiger partial charge >= 0.3 is 0 Å². The Balaban J connectivity index is 2.96. The van der Waals surface area contributed by atoms with Crippen molar-refractivity contribution in [3.8, 4) is 12.3 Å². The van der Waals surface area contributed by atoms with Crippen LogP contribution in [-0.4, -0.2) is 14.0 Å². The lowest BCUT2D eigenvalue weighted by molar-refractivity contribution is 0.539. The fourth-order valence-electron chi connectivity index (χ4n) is 1.55. The van der Waals surface area contributed by atoms with E-state index in [2.05, 4.69) is 17.6 Å². The molecule has 0 saturated heterocycles. The van der Waals surface area contributed by atoms with E-state index in [0.717, 1.165) is 18.4 Å². The third-order valence-electron chi connectivity index (χ3n) is 2.52. The summed E-state index contributed by atoms with van der Waals surface area (Å²) >= 11 is 0. The highest BCUT2D eigenvalue weighted by atomic mass is 32.2. The van der Waals surface area contributed by atoms with Crippen LogP contribution >= 0.6 is 0 Å². The number of nitrogens with one attached hydrogen (secondary N) is 1. The molecule has 0 amide bonds. The first-order valence-corrected chi connectivity index (χ1v) is 7.40. The van der Waals surface area contributed by atoms with Crippen LogP contribution in [0.5, 0.6) is 0 Å². The normalized spacial score (nSPS) is 12.1. The van der Waals surface area contributed by atoms with Gasteiger partial charge in [0, 0.05) is 0 Å². The molecule has 18 heavy (non-hydrogen) atoms. The number of rotatable bonds is 5. The predicted molar refractivity (Wildman–Crippen MR) is 73.7 cm³/mol. The minimum Gasteiger partial charge on any atom is -0.207 e. The summed E-state index contributed by atoms with van der Waals surface area (Å²) in [5.41, 5.74) is 0.244. The maximum Gasteiger partial charge on any atom is 0.241 e. The van der Waals surface area contributed by atoms with E-state index in [1.54, 1.807) is 26.0 Å². The summed E-state index contributed by atoms with van der Waals surface area (Å²) in [6.07, 6.45) is 7.26. The largest absolute Gasteiger partial charge is 0.241 e. The monoisotopic (exact) mass is 265 g/mol. The highest BCUT2D eigenvalue weighted by molar-refractivity contribution is 7.89. The van der Waals surface area contributed by atoms with Crippen LogP contribution in [0.3, 0.4) is 0 Å². The first-order chi connectivity index (χ1) is 8.30. The lowest BCUT2D eigenvalue weighted by Gasteiger charge is -2.19. The molecular formula is C14H19NO2S. The summed E-state index contributed by atoms with van der Waals surface area (Å²) in [6, 6.07) is 6.89. The number of hydrogen-bond donors (Lipinski definition) is 1. The van der Waals surface area contributed by atoms with Crippen LogP contribution in [0.1, 0.15) is 32.8 Å². The zero-order valence-corrected chi connectivity index (χ0v) is 11.8. The van der Waals surface area contributed by atoms with Crippen molar-refractivity contribution in [1.82, 2.24) is 4.72 Å². The second-order valence-corrected chi connectivity index (χ2v) is 6.45. The van der Waals surface area contributed by atoms with Gasteiger partial charge in [-0.05, 0) is 38.0 Å². The van der Waals surface area contributed by atoms with Crippen molar-refractivity contribution in [3.05, 3.63) is 29.8 Å². The smallest absolute Gasteiger partial charge is 0.207 e. The fraction of sp³-hybridized carbons (Fsp3) is 0.429. The van der Waals surface area contributed by atoms with E-state index < -0.39 is 15.6 Å². The number of sulfonamides is 1. The van der Waals surface area contributed by atoms with Crippen LogP contribution in [-0.2, 0) is 16.4 Å². The van der Waals surface area contributed by atoms with E-state index in [0.29, 0.717) is 0 Å². The molecule has 98 valence electrons. The first kappa shape index (κ1) is 14.7. The summed E-state index contributed by atoms with van der Waals surface area (Å²) < 4.78 is 26.6. The van der Waals surface area contributed by atoms with Crippen molar-refractivity contribution in [2.75, 3.05) is 0 Å².